The third-order valence-corrected chi connectivity index (χ3v) is 3.77. The maximum absolute atomic E-state index is 4.69. The minimum atomic E-state index is 0.237. The van der Waals surface area contributed by atoms with Crippen LogP contribution >= 0.6 is 11.3 Å². The molecule has 14 heavy (non-hydrogen) atoms. The second-order valence-corrected chi connectivity index (χ2v) is 5.39. The van der Waals surface area contributed by atoms with Gasteiger partial charge >= 0.3 is 0 Å². The van der Waals surface area contributed by atoms with E-state index in [1.807, 2.05) is 10.0 Å². The SMILES string of the molecule is CC1(C)CCCc2c1nc1scnn21. The summed E-state index contributed by atoms with van der Waals surface area (Å²) in [6.45, 7) is 4.56. The highest BCUT2D eigenvalue weighted by molar-refractivity contribution is 7.14. The molecule has 0 fully saturated rings. The molecule has 3 nitrogen and oxygen atoms in total. The van der Waals surface area contributed by atoms with Crippen molar-refractivity contribution in [3.05, 3.63) is 16.9 Å². The number of hydrogen-bond acceptors (Lipinski definition) is 3. The van der Waals surface area contributed by atoms with Crippen molar-refractivity contribution in [1.29, 1.82) is 0 Å². The molecule has 0 atom stereocenters. The molecular formula is C10H13N3S. The van der Waals surface area contributed by atoms with Crippen LogP contribution in [0.2, 0.25) is 0 Å². The van der Waals surface area contributed by atoms with Gasteiger partial charge in [0.05, 0.1) is 11.4 Å². The molecule has 2 heterocycles. The Morgan fingerprint density at radius 1 is 1.50 bits per heavy atom. The standard InChI is InChI=1S/C10H13N3S/c1-10(2)5-3-4-7-8(10)12-9-13(7)11-6-14-9/h6H,3-5H2,1-2H3. The molecule has 0 amide bonds. The van der Waals surface area contributed by atoms with E-state index in [0.717, 1.165) is 11.4 Å². The summed E-state index contributed by atoms with van der Waals surface area (Å²) in [6, 6.07) is 0. The second-order valence-electron chi connectivity index (χ2n) is 4.58. The molecule has 0 saturated carbocycles. The Kier molecular flexibility index (Phi) is 1.54. The monoisotopic (exact) mass is 207 g/mol. The molecule has 0 N–H and O–H groups in total. The summed E-state index contributed by atoms with van der Waals surface area (Å²) in [5.74, 6) is 0. The first-order valence-corrected chi connectivity index (χ1v) is 5.88. The highest BCUT2D eigenvalue weighted by atomic mass is 32.1. The van der Waals surface area contributed by atoms with Gasteiger partial charge in [-0.15, -0.1) is 0 Å². The zero-order valence-corrected chi connectivity index (χ0v) is 9.27. The van der Waals surface area contributed by atoms with Gasteiger partial charge < -0.3 is 0 Å². The largest absolute Gasteiger partial charge is 0.222 e. The lowest BCUT2D eigenvalue weighted by molar-refractivity contribution is 0.416. The molecule has 74 valence electrons. The topological polar surface area (TPSA) is 30.2 Å². The maximum Gasteiger partial charge on any atom is 0.212 e. The molecule has 2 aromatic rings. The van der Waals surface area contributed by atoms with Crippen molar-refractivity contribution >= 4 is 16.3 Å². The number of imidazole rings is 1. The molecule has 3 rings (SSSR count). The van der Waals surface area contributed by atoms with Crippen molar-refractivity contribution in [3.8, 4) is 0 Å². The van der Waals surface area contributed by atoms with Gasteiger partial charge in [0, 0.05) is 5.41 Å². The van der Waals surface area contributed by atoms with Crippen molar-refractivity contribution in [3.63, 3.8) is 0 Å². The Morgan fingerprint density at radius 3 is 3.21 bits per heavy atom. The van der Waals surface area contributed by atoms with E-state index in [4.69, 9.17) is 0 Å². The lowest BCUT2D eigenvalue weighted by Crippen LogP contribution is -2.24. The first kappa shape index (κ1) is 8.41. The molecule has 0 unspecified atom stereocenters. The molecule has 0 bridgehead atoms. The van der Waals surface area contributed by atoms with Gasteiger partial charge in [-0.1, -0.05) is 25.2 Å². The summed E-state index contributed by atoms with van der Waals surface area (Å²) in [4.78, 5) is 5.73. The van der Waals surface area contributed by atoms with Crippen LogP contribution in [-0.4, -0.2) is 14.6 Å². The Balaban J connectivity index is 2.33. The van der Waals surface area contributed by atoms with Gasteiger partial charge in [0.1, 0.15) is 5.51 Å². The van der Waals surface area contributed by atoms with E-state index in [-0.39, 0.29) is 5.41 Å². The average molecular weight is 207 g/mol. The average Bonchev–Trinajstić information content (AvgIpc) is 2.64. The molecule has 0 aliphatic heterocycles. The summed E-state index contributed by atoms with van der Waals surface area (Å²) in [7, 11) is 0. The fourth-order valence-corrected chi connectivity index (χ4v) is 2.96. The number of fused-ring (bicyclic) bond motifs is 3. The second kappa shape index (κ2) is 2.57. The number of nitrogens with zero attached hydrogens (tertiary/aromatic N) is 3. The predicted molar refractivity (Wildman–Crippen MR) is 56.8 cm³/mol. The van der Waals surface area contributed by atoms with Crippen molar-refractivity contribution in [2.45, 2.75) is 38.5 Å². The number of rotatable bonds is 0. The fraction of sp³-hybridized carbons (Fsp3) is 0.600. The maximum atomic E-state index is 4.69. The van der Waals surface area contributed by atoms with E-state index in [2.05, 4.69) is 23.9 Å². The summed E-state index contributed by atoms with van der Waals surface area (Å²) in [5.41, 5.74) is 4.70. The van der Waals surface area contributed by atoms with Gasteiger partial charge in [-0.25, -0.2) is 9.50 Å². The molecular weight excluding hydrogens is 194 g/mol. The van der Waals surface area contributed by atoms with E-state index in [9.17, 15) is 0 Å². The summed E-state index contributed by atoms with van der Waals surface area (Å²) in [6.07, 6.45) is 3.62. The van der Waals surface area contributed by atoms with Gasteiger partial charge in [-0.3, -0.25) is 0 Å². The van der Waals surface area contributed by atoms with E-state index < -0.39 is 0 Å². The first-order valence-electron chi connectivity index (χ1n) is 5.00. The summed E-state index contributed by atoms with van der Waals surface area (Å²) >= 11 is 1.62. The molecule has 0 radical (unpaired) electrons. The van der Waals surface area contributed by atoms with Crippen LogP contribution in [-0.2, 0) is 11.8 Å². The van der Waals surface area contributed by atoms with Gasteiger partial charge in [-0.2, -0.15) is 5.10 Å². The minimum Gasteiger partial charge on any atom is -0.222 e. The molecule has 0 spiro atoms. The van der Waals surface area contributed by atoms with E-state index in [1.54, 1.807) is 11.3 Å². The smallest absolute Gasteiger partial charge is 0.212 e. The molecule has 1 aliphatic carbocycles. The number of aromatic nitrogens is 3. The third kappa shape index (κ3) is 0.974. The summed E-state index contributed by atoms with van der Waals surface area (Å²) < 4.78 is 2.01. The minimum absolute atomic E-state index is 0.237. The lowest BCUT2D eigenvalue weighted by atomic mass is 9.78. The van der Waals surface area contributed by atoms with E-state index in [1.165, 1.54) is 24.2 Å². The molecule has 1 aliphatic rings. The van der Waals surface area contributed by atoms with Crippen LogP contribution in [0.25, 0.3) is 4.96 Å². The Labute approximate surface area is 86.8 Å². The quantitative estimate of drug-likeness (QED) is 0.664. The van der Waals surface area contributed by atoms with Gasteiger partial charge in [0.15, 0.2) is 0 Å². The fourth-order valence-electron chi connectivity index (χ4n) is 2.32. The van der Waals surface area contributed by atoms with Crippen molar-refractivity contribution in [1.82, 2.24) is 14.6 Å². The highest BCUT2D eigenvalue weighted by Gasteiger charge is 2.32. The van der Waals surface area contributed by atoms with Crippen LogP contribution < -0.4 is 0 Å². The van der Waals surface area contributed by atoms with E-state index >= 15 is 0 Å². The molecule has 0 saturated heterocycles. The van der Waals surface area contributed by atoms with Crippen molar-refractivity contribution in [2.75, 3.05) is 0 Å². The van der Waals surface area contributed by atoms with Gasteiger partial charge in [0.2, 0.25) is 4.96 Å². The summed E-state index contributed by atoms with van der Waals surface area (Å²) in [5, 5.41) is 4.33. The number of hydrogen-bond donors (Lipinski definition) is 0. The van der Waals surface area contributed by atoms with Gasteiger partial charge in [-0.05, 0) is 19.3 Å². The zero-order chi connectivity index (χ0) is 9.76. The molecule has 2 aromatic heterocycles. The van der Waals surface area contributed by atoms with Crippen molar-refractivity contribution < 1.29 is 0 Å². The highest BCUT2D eigenvalue weighted by Crippen LogP contribution is 2.36. The Bertz CT molecular complexity index is 480. The third-order valence-electron chi connectivity index (χ3n) is 3.09. The first-order chi connectivity index (χ1) is 6.68. The van der Waals surface area contributed by atoms with Crippen LogP contribution in [0.3, 0.4) is 0 Å². The van der Waals surface area contributed by atoms with Crippen LogP contribution in [0, 0.1) is 0 Å². The normalized spacial score (nSPS) is 19.9. The van der Waals surface area contributed by atoms with Crippen molar-refractivity contribution in [2.24, 2.45) is 0 Å². The van der Waals surface area contributed by atoms with Gasteiger partial charge in [0.25, 0.3) is 0 Å². The van der Waals surface area contributed by atoms with Crippen LogP contribution in [0.1, 0.15) is 38.1 Å². The molecule has 0 aromatic carbocycles. The zero-order valence-electron chi connectivity index (χ0n) is 8.45. The lowest BCUT2D eigenvalue weighted by Gasteiger charge is -2.27. The van der Waals surface area contributed by atoms with Crippen LogP contribution in [0.15, 0.2) is 5.51 Å². The Hall–Kier alpha value is -0.900. The Morgan fingerprint density at radius 2 is 2.36 bits per heavy atom. The molecule has 4 heteroatoms. The number of aryl methyl sites for hydroxylation is 1. The predicted octanol–water partition coefficient (Wildman–Crippen LogP) is 2.40. The van der Waals surface area contributed by atoms with Crippen LogP contribution in [0.5, 0.6) is 0 Å². The van der Waals surface area contributed by atoms with E-state index in [0.29, 0.717) is 0 Å². The van der Waals surface area contributed by atoms with Crippen LogP contribution in [0.4, 0.5) is 0 Å².